The van der Waals surface area contributed by atoms with Crippen molar-refractivity contribution in [2.75, 3.05) is 0 Å². The zero-order chi connectivity index (χ0) is 15.6. The van der Waals surface area contributed by atoms with Crippen LogP contribution in [0.4, 0.5) is 10.1 Å². The molecule has 5 nitrogen and oxygen atoms in total. The van der Waals surface area contributed by atoms with Crippen LogP contribution in [0.5, 0.6) is 11.5 Å². The second-order valence-electron chi connectivity index (χ2n) is 4.15. The first-order chi connectivity index (χ1) is 9.90. The van der Waals surface area contributed by atoms with Crippen LogP contribution in [0.1, 0.15) is 17.3 Å². The molecule has 0 unspecified atom stereocenters. The molecule has 0 atom stereocenters. The molecule has 0 amide bonds. The molecule has 0 aromatic heterocycles. The summed E-state index contributed by atoms with van der Waals surface area (Å²) in [6.07, 6.45) is 0. The number of ether oxygens (including phenoxy) is 1. The summed E-state index contributed by atoms with van der Waals surface area (Å²) in [5.74, 6) is -1.22. The van der Waals surface area contributed by atoms with Gasteiger partial charge in [-0.25, -0.2) is 4.39 Å². The fourth-order valence-corrected chi connectivity index (χ4v) is 1.95. The number of ketones is 1. The van der Waals surface area contributed by atoms with E-state index >= 15 is 0 Å². The molecular weight excluding hydrogens is 301 g/mol. The number of carbonyl (C=O) groups excluding carboxylic acids is 1. The number of Topliss-reactive ketones (excluding diaryl/α,β-unsaturated/α-hetero) is 1. The van der Waals surface area contributed by atoms with Crippen LogP contribution in [-0.2, 0) is 0 Å². The highest BCUT2D eigenvalue weighted by Crippen LogP contribution is 2.33. The summed E-state index contributed by atoms with van der Waals surface area (Å²) < 4.78 is 19.1. The van der Waals surface area contributed by atoms with Gasteiger partial charge in [-0.15, -0.1) is 0 Å². The van der Waals surface area contributed by atoms with Gasteiger partial charge in [0.15, 0.2) is 17.3 Å². The lowest BCUT2D eigenvalue weighted by atomic mass is 10.1. The van der Waals surface area contributed by atoms with E-state index in [1.54, 1.807) is 0 Å². The molecule has 0 aliphatic carbocycles. The van der Waals surface area contributed by atoms with E-state index in [-0.39, 0.29) is 33.6 Å². The monoisotopic (exact) mass is 309 g/mol. The summed E-state index contributed by atoms with van der Waals surface area (Å²) >= 11 is 5.75. The van der Waals surface area contributed by atoms with E-state index in [9.17, 15) is 19.3 Å². The molecule has 0 saturated carbocycles. The average Bonchev–Trinajstić information content (AvgIpc) is 2.40. The summed E-state index contributed by atoms with van der Waals surface area (Å²) in [4.78, 5) is 21.5. The molecule has 0 aliphatic heterocycles. The van der Waals surface area contributed by atoms with Gasteiger partial charge in [0.05, 0.1) is 10.5 Å². The zero-order valence-electron chi connectivity index (χ0n) is 10.8. The molecule has 2 rings (SSSR count). The van der Waals surface area contributed by atoms with Crippen molar-refractivity contribution >= 4 is 23.1 Å². The topological polar surface area (TPSA) is 69.4 Å². The second kappa shape index (κ2) is 5.88. The Labute approximate surface area is 124 Å². The Hall–Kier alpha value is -2.47. The van der Waals surface area contributed by atoms with Crippen molar-refractivity contribution in [3.8, 4) is 11.5 Å². The van der Waals surface area contributed by atoms with Crippen molar-refractivity contribution in [1.29, 1.82) is 0 Å². The number of carbonyl (C=O) groups is 1. The highest BCUT2D eigenvalue weighted by atomic mass is 35.5. The summed E-state index contributed by atoms with van der Waals surface area (Å²) in [7, 11) is 0. The molecule has 0 spiro atoms. The summed E-state index contributed by atoms with van der Waals surface area (Å²) in [5.41, 5.74) is -0.214. The maximum absolute atomic E-state index is 13.8. The lowest BCUT2D eigenvalue weighted by molar-refractivity contribution is -0.384. The number of halogens is 2. The van der Waals surface area contributed by atoms with Gasteiger partial charge in [-0.3, -0.25) is 14.9 Å². The minimum absolute atomic E-state index is 0.0736. The van der Waals surface area contributed by atoms with Crippen molar-refractivity contribution < 1.29 is 18.8 Å². The molecule has 0 saturated heterocycles. The molecule has 0 bridgehead atoms. The van der Waals surface area contributed by atoms with Gasteiger partial charge >= 0.3 is 0 Å². The predicted octanol–water partition coefficient (Wildman–Crippen LogP) is 4.38. The van der Waals surface area contributed by atoms with E-state index < -0.39 is 10.7 Å². The Balaban J connectivity index is 2.41. The SMILES string of the molecule is CC(=O)c1cccc(F)c1Oc1ccc([N+](=O)[O-])c(Cl)c1. The van der Waals surface area contributed by atoms with Crippen LogP contribution >= 0.6 is 11.6 Å². The molecule has 0 radical (unpaired) electrons. The third-order valence-electron chi connectivity index (χ3n) is 2.68. The van der Waals surface area contributed by atoms with Crippen LogP contribution in [-0.4, -0.2) is 10.7 Å². The normalized spacial score (nSPS) is 10.2. The van der Waals surface area contributed by atoms with E-state index in [2.05, 4.69) is 0 Å². The summed E-state index contributed by atoms with van der Waals surface area (Å²) in [6, 6.07) is 7.58. The number of para-hydroxylation sites is 1. The van der Waals surface area contributed by atoms with Crippen LogP contribution < -0.4 is 4.74 Å². The number of nitro groups is 1. The second-order valence-corrected chi connectivity index (χ2v) is 4.55. The highest BCUT2D eigenvalue weighted by Gasteiger charge is 2.17. The van der Waals surface area contributed by atoms with Gasteiger partial charge in [0.25, 0.3) is 5.69 Å². The molecule has 7 heteroatoms. The Morgan fingerprint density at radius 3 is 2.62 bits per heavy atom. The van der Waals surface area contributed by atoms with E-state index in [0.29, 0.717) is 0 Å². The molecular formula is C14H9ClFNO4. The van der Waals surface area contributed by atoms with Crippen molar-refractivity contribution in [3.63, 3.8) is 0 Å². The molecule has 0 fully saturated rings. The Bertz CT molecular complexity index is 733. The van der Waals surface area contributed by atoms with Crippen LogP contribution in [0.15, 0.2) is 36.4 Å². The standard InChI is InChI=1S/C14H9ClFNO4/c1-8(18)10-3-2-4-12(16)14(10)21-9-5-6-13(17(19)20)11(15)7-9/h2-7H,1H3. The highest BCUT2D eigenvalue weighted by molar-refractivity contribution is 6.32. The quantitative estimate of drug-likeness (QED) is 0.477. The maximum atomic E-state index is 13.8. The largest absolute Gasteiger partial charge is 0.453 e. The van der Waals surface area contributed by atoms with Gasteiger partial charge in [-0.1, -0.05) is 17.7 Å². The summed E-state index contributed by atoms with van der Waals surface area (Å²) in [5, 5.41) is 10.5. The Morgan fingerprint density at radius 2 is 2.05 bits per heavy atom. The number of hydrogen-bond acceptors (Lipinski definition) is 4. The zero-order valence-corrected chi connectivity index (χ0v) is 11.6. The molecule has 0 N–H and O–H groups in total. The van der Waals surface area contributed by atoms with Crippen molar-refractivity contribution in [1.82, 2.24) is 0 Å². The van der Waals surface area contributed by atoms with E-state index in [1.165, 1.54) is 31.2 Å². The van der Waals surface area contributed by atoms with Crippen LogP contribution in [0.25, 0.3) is 0 Å². The third kappa shape index (κ3) is 3.17. The first kappa shape index (κ1) is 14.9. The minimum atomic E-state index is -0.711. The van der Waals surface area contributed by atoms with Gasteiger partial charge in [0, 0.05) is 12.1 Å². The Morgan fingerprint density at radius 1 is 1.33 bits per heavy atom. The van der Waals surface area contributed by atoms with Crippen molar-refractivity contribution in [2.45, 2.75) is 6.92 Å². The van der Waals surface area contributed by atoms with E-state index in [1.807, 2.05) is 0 Å². The van der Waals surface area contributed by atoms with Crippen LogP contribution in [0.2, 0.25) is 5.02 Å². The first-order valence-electron chi connectivity index (χ1n) is 5.81. The summed E-state index contributed by atoms with van der Waals surface area (Å²) in [6.45, 7) is 1.28. The number of nitro benzene ring substituents is 1. The van der Waals surface area contributed by atoms with Crippen molar-refractivity contribution in [2.24, 2.45) is 0 Å². The smallest absolute Gasteiger partial charge is 0.288 e. The van der Waals surface area contributed by atoms with Crippen LogP contribution in [0, 0.1) is 15.9 Å². The van der Waals surface area contributed by atoms with Crippen molar-refractivity contribution in [3.05, 3.63) is 62.9 Å². The molecule has 2 aromatic carbocycles. The number of hydrogen-bond donors (Lipinski definition) is 0. The van der Waals surface area contributed by atoms with Gasteiger partial charge in [-0.2, -0.15) is 0 Å². The van der Waals surface area contributed by atoms with Gasteiger partial charge in [-0.05, 0) is 25.1 Å². The van der Waals surface area contributed by atoms with Gasteiger partial charge in [0.1, 0.15) is 10.8 Å². The fraction of sp³-hybridized carbons (Fsp3) is 0.0714. The maximum Gasteiger partial charge on any atom is 0.288 e. The lowest BCUT2D eigenvalue weighted by Gasteiger charge is -2.10. The third-order valence-corrected chi connectivity index (χ3v) is 2.98. The van der Waals surface area contributed by atoms with Crippen LogP contribution in [0.3, 0.4) is 0 Å². The number of rotatable bonds is 4. The molecule has 21 heavy (non-hydrogen) atoms. The number of nitrogens with zero attached hydrogens (tertiary/aromatic N) is 1. The molecule has 0 aliphatic rings. The molecule has 0 heterocycles. The fourth-order valence-electron chi connectivity index (χ4n) is 1.71. The Kier molecular flexibility index (Phi) is 4.18. The van der Waals surface area contributed by atoms with E-state index in [0.717, 1.165) is 12.1 Å². The van der Waals surface area contributed by atoms with Gasteiger partial charge < -0.3 is 4.74 Å². The molecule has 2 aromatic rings. The first-order valence-corrected chi connectivity index (χ1v) is 6.19. The average molecular weight is 310 g/mol. The molecule has 108 valence electrons. The predicted molar refractivity (Wildman–Crippen MR) is 74.6 cm³/mol. The lowest BCUT2D eigenvalue weighted by Crippen LogP contribution is -1.99. The number of benzene rings is 2. The minimum Gasteiger partial charge on any atom is -0.453 e. The van der Waals surface area contributed by atoms with Gasteiger partial charge in [0.2, 0.25) is 0 Å². The van der Waals surface area contributed by atoms with E-state index in [4.69, 9.17) is 16.3 Å².